The highest BCUT2D eigenvalue weighted by molar-refractivity contribution is 5.94. The summed E-state index contributed by atoms with van der Waals surface area (Å²) >= 11 is 0. The summed E-state index contributed by atoms with van der Waals surface area (Å²) in [5.41, 5.74) is 3.57. The van der Waals surface area contributed by atoms with Crippen molar-refractivity contribution in [1.82, 2.24) is 4.98 Å². The van der Waals surface area contributed by atoms with Gasteiger partial charge in [-0.25, -0.2) is 0 Å². The maximum Gasteiger partial charge on any atom is 0.159 e. The number of aromatic nitrogens is 1. The van der Waals surface area contributed by atoms with Gasteiger partial charge in [-0.3, -0.25) is 14.8 Å². The van der Waals surface area contributed by atoms with Crippen LogP contribution in [0.25, 0.3) is 10.9 Å². The molecule has 1 aromatic heterocycles. The lowest BCUT2D eigenvalue weighted by atomic mass is 10.1. The molecule has 2 aromatic carbocycles. The average Bonchev–Trinajstić information content (AvgIpc) is 2.55. The molecule has 0 fully saturated rings. The molecule has 0 saturated heterocycles. The average molecular weight is 288 g/mol. The van der Waals surface area contributed by atoms with E-state index in [9.17, 15) is 4.79 Å². The van der Waals surface area contributed by atoms with E-state index in [0.29, 0.717) is 6.42 Å². The molecule has 0 bridgehead atoms. The topological polar surface area (TPSA) is 42.3 Å². The lowest BCUT2D eigenvalue weighted by Crippen LogP contribution is -1.94. The van der Waals surface area contributed by atoms with E-state index in [1.165, 1.54) is 0 Å². The number of Topliss-reactive ketones (excluding diaryl/α,β-unsaturated/α-hetero) is 1. The Morgan fingerprint density at radius 3 is 2.82 bits per heavy atom. The Morgan fingerprint density at radius 1 is 1.14 bits per heavy atom. The summed E-state index contributed by atoms with van der Waals surface area (Å²) < 4.78 is 0. The fraction of sp³-hybridized carbons (Fsp3) is 0.105. The second kappa shape index (κ2) is 6.31. The molecule has 0 spiro atoms. The van der Waals surface area contributed by atoms with Crippen molar-refractivity contribution in [3.05, 3.63) is 71.9 Å². The number of benzene rings is 2. The van der Waals surface area contributed by atoms with Crippen LogP contribution in [0.15, 0.2) is 65.8 Å². The summed E-state index contributed by atoms with van der Waals surface area (Å²) in [4.78, 5) is 20.3. The number of aliphatic imine (C=N–C) groups is 1. The Labute approximate surface area is 129 Å². The molecule has 3 aromatic rings. The van der Waals surface area contributed by atoms with Gasteiger partial charge in [0.2, 0.25) is 0 Å². The molecular weight excluding hydrogens is 272 g/mol. The van der Waals surface area contributed by atoms with Crippen molar-refractivity contribution in [1.29, 1.82) is 0 Å². The SMILES string of the molecule is CC(=O)c1cccc(CC=Nc2cccc3cccnc23)c1. The first-order chi connectivity index (χ1) is 10.7. The van der Waals surface area contributed by atoms with Gasteiger partial charge in [0.1, 0.15) is 0 Å². The van der Waals surface area contributed by atoms with Crippen molar-refractivity contribution in [2.75, 3.05) is 0 Å². The van der Waals surface area contributed by atoms with Crippen LogP contribution >= 0.6 is 0 Å². The molecule has 0 atom stereocenters. The van der Waals surface area contributed by atoms with Crippen LogP contribution in [0, 0.1) is 0 Å². The lowest BCUT2D eigenvalue weighted by Gasteiger charge is -2.01. The Hall–Kier alpha value is -2.81. The van der Waals surface area contributed by atoms with Crippen LogP contribution < -0.4 is 0 Å². The van der Waals surface area contributed by atoms with Crippen molar-refractivity contribution in [3.8, 4) is 0 Å². The van der Waals surface area contributed by atoms with Crippen molar-refractivity contribution in [2.24, 2.45) is 4.99 Å². The largest absolute Gasteiger partial charge is 0.295 e. The van der Waals surface area contributed by atoms with Crippen molar-refractivity contribution >= 4 is 28.6 Å². The molecule has 0 aliphatic heterocycles. The Balaban J connectivity index is 1.82. The monoisotopic (exact) mass is 288 g/mol. The normalized spacial score (nSPS) is 11.1. The number of nitrogens with zero attached hydrogens (tertiary/aromatic N) is 2. The van der Waals surface area contributed by atoms with E-state index in [-0.39, 0.29) is 5.78 Å². The van der Waals surface area contributed by atoms with E-state index in [2.05, 4.69) is 9.98 Å². The van der Waals surface area contributed by atoms with E-state index in [1.54, 1.807) is 13.1 Å². The summed E-state index contributed by atoms with van der Waals surface area (Å²) in [7, 11) is 0. The number of carbonyl (C=O) groups excluding carboxylic acids is 1. The second-order valence-corrected chi connectivity index (χ2v) is 5.12. The van der Waals surface area contributed by atoms with E-state index in [0.717, 1.165) is 27.7 Å². The number of hydrogen-bond acceptors (Lipinski definition) is 3. The van der Waals surface area contributed by atoms with Crippen molar-refractivity contribution < 1.29 is 4.79 Å². The molecule has 1 heterocycles. The minimum atomic E-state index is 0.0806. The first kappa shape index (κ1) is 14.1. The molecule has 0 N–H and O–H groups in total. The van der Waals surface area contributed by atoms with Crippen LogP contribution in [0.2, 0.25) is 0 Å². The molecule has 0 amide bonds. The molecule has 3 nitrogen and oxygen atoms in total. The number of para-hydroxylation sites is 1. The van der Waals surface area contributed by atoms with Gasteiger partial charge in [-0.1, -0.05) is 36.4 Å². The Morgan fingerprint density at radius 2 is 1.95 bits per heavy atom. The molecule has 108 valence electrons. The second-order valence-electron chi connectivity index (χ2n) is 5.12. The smallest absolute Gasteiger partial charge is 0.159 e. The van der Waals surface area contributed by atoms with Gasteiger partial charge in [-0.15, -0.1) is 0 Å². The van der Waals surface area contributed by atoms with Gasteiger partial charge in [-0.2, -0.15) is 0 Å². The maximum absolute atomic E-state index is 11.4. The van der Waals surface area contributed by atoms with Gasteiger partial charge in [0.05, 0.1) is 11.2 Å². The van der Waals surface area contributed by atoms with E-state index in [1.807, 2.05) is 60.8 Å². The first-order valence-electron chi connectivity index (χ1n) is 7.20. The van der Waals surface area contributed by atoms with Gasteiger partial charge >= 0.3 is 0 Å². The zero-order valence-electron chi connectivity index (χ0n) is 12.4. The zero-order chi connectivity index (χ0) is 15.4. The lowest BCUT2D eigenvalue weighted by molar-refractivity contribution is 0.101. The molecule has 3 heteroatoms. The standard InChI is InChI=1S/C19H16N2O/c1-14(22)17-7-2-5-15(13-17)10-12-20-18-9-3-6-16-8-4-11-21-19(16)18/h2-9,11-13H,10H2,1H3. The molecule has 0 aliphatic rings. The summed E-state index contributed by atoms with van der Waals surface area (Å²) in [6.07, 6.45) is 4.32. The van der Waals surface area contributed by atoms with E-state index >= 15 is 0 Å². The van der Waals surface area contributed by atoms with E-state index < -0.39 is 0 Å². The molecule has 0 saturated carbocycles. The fourth-order valence-corrected chi connectivity index (χ4v) is 2.36. The predicted molar refractivity (Wildman–Crippen MR) is 90.0 cm³/mol. The maximum atomic E-state index is 11.4. The van der Waals surface area contributed by atoms with Crippen molar-refractivity contribution in [3.63, 3.8) is 0 Å². The van der Waals surface area contributed by atoms with Gasteiger partial charge < -0.3 is 0 Å². The van der Waals surface area contributed by atoms with Gasteiger partial charge in [0.15, 0.2) is 5.78 Å². The van der Waals surface area contributed by atoms with Gasteiger partial charge in [0, 0.05) is 29.8 Å². The minimum absolute atomic E-state index is 0.0806. The van der Waals surface area contributed by atoms with Crippen LogP contribution in [-0.4, -0.2) is 17.0 Å². The summed E-state index contributed by atoms with van der Waals surface area (Å²) in [6.45, 7) is 1.58. The number of pyridine rings is 1. The third-order valence-corrected chi connectivity index (χ3v) is 3.50. The number of fused-ring (bicyclic) bond motifs is 1. The van der Waals surface area contributed by atoms with Crippen LogP contribution in [-0.2, 0) is 6.42 Å². The number of rotatable bonds is 4. The third-order valence-electron chi connectivity index (χ3n) is 3.50. The highest BCUT2D eigenvalue weighted by atomic mass is 16.1. The van der Waals surface area contributed by atoms with Crippen molar-refractivity contribution in [2.45, 2.75) is 13.3 Å². The highest BCUT2D eigenvalue weighted by Crippen LogP contribution is 2.23. The van der Waals surface area contributed by atoms with Gasteiger partial charge in [-0.05, 0) is 30.7 Å². The first-order valence-corrected chi connectivity index (χ1v) is 7.20. The van der Waals surface area contributed by atoms with Crippen LogP contribution in [0.3, 0.4) is 0 Å². The predicted octanol–water partition coefficient (Wildman–Crippen LogP) is 4.38. The number of hydrogen-bond donors (Lipinski definition) is 0. The molecule has 0 aliphatic carbocycles. The molecule has 3 rings (SSSR count). The minimum Gasteiger partial charge on any atom is -0.295 e. The third kappa shape index (κ3) is 3.09. The zero-order valence-corrected chi connectivity index (χ0v) is 12.4. The van der Waals surface area contributed by atoms with E-state index in [4.69, 9.17) is 0 Å². The van der Waals surface area contributed by atoms with Crippen LogP contribution in [0.4, 0.5) is 5.69 Å². The Kier molecular flexibility index (Phi) is 4.05. The summed E-state index contributed by atoms with van der Waals surface area (Å²) in [5.74, 6) is 0.0806. The number of carbonyl (C=O) groups is 1. The van der Waals surface area contributed by atoms with Crippen LogP contribution in [0.5, 0.6) is 0 Å². The Bertz CT molecular complexity index is 847. The summed E-state index contributed by atoms with van der Waals surface area (Å²) in [5, 5.41) is 1.08. The van der Waals surface area contributed by atoms with Crippen LogP contribution in [0.1, 0.15) is 22.8 Å². The molecule has 0 radical (unpaired) electrons. The molecular formula is C19H16N2O. The quantitative estimate of drug-likeness (QED) is 0.528. The molecule has 0 unspecified atom stereocenters. The highest BCUT2D eigenvalue weighted by Gasteiger charge is 2.01. The fourth-order valence-electron chi connectivity index (χ4n) is 2.36. The van der Waals surface area contributed by atoms with Gasteiger partial charge in [0.25, 0.3) is 0 Å². The summed E-state index contributed by atoms with van der Waals surface area (Å²) in [6, 6.07) is 17.6. The number of ketones is 1. The molecule has 22 heavy (non-hydrogen) atoms.